The van der Waals surface area contributed by atoms with Crippen LogP contribution in [0.15, 0.2) is 127 Å². The van der Waals surface area contributed by atoms with E-state index in [2.05, 4.69) is 53.2 Å². The van der Waals surface area contributed by atoms with Crippen LogP contribution in [0.5, 0.6) is 46.0 Å². The van der Waals surface area contributed by atoms with Gasteiger partial charge in [-0.05, 0) is 211 Å². The number of likely N-dealkylation sites (N-methyl/N-ethyl adjacent to an activating group) is 1. The van der Waals surface area contributed by atoms with Crippen LogP contribution >= 0.6 is 34.8 Å². The van der Waals surface area contributed by atoms with E-state index in [0.717, 1.165) is 134 Å². The number of nitrogens with two attached hydrogens (primary N) is 3. The Hall–Kier alpha value is -12.0. The highest BCUT2D eigenvalue weighted by atomic mass is 35.5. The highest BCUT2D eigenvalue weighted by Gasteiger charge is 2.54. The normalized spacial score (nSPS) is 27.0. The summed E-state index contributed by atoms with van der Waals surface area (Å²) < 4.78 is 63.7. The van der Waals surface area contributed by atoms with E-state index in [0.29, 0.717) is 31.1 Å². The van der Waals surface area contributed by atoms with E-state index in [1.54, 1.807) is 39.8 Å². The summed E-state index contributed by atoms with van der Waals surface area (Å²) in [7, 11) is 1.16. The van der Waals surface area contributed by atoms with Gasteiger partial charge in [0, 0.05) is 65.3 Å². The van der Waals surface area contributed by atoms with Crippen LogP contribution < -0.4 is 84.6 Å². The zero-order chi connectivity index (χ0) is 106. The number of aliphatic hydroxyl groups is 6. The molecular weight excluding hydrogens is 1980 g/mol. The van der Waals surface area contributed by atoms with Crippen LogP contribution in [0.1, 0.15) is 157 Å². The second-order valence-corrected chi connectivity index (χ2v) is 39.2. The SMILES string of the molecule is CC(C)C[C@H](C(=O)N[C@H]1C(=O)N[C@@H](CC(N)=O)C(=O)N[C@H]2C(=O)N[C@H]3C(=O)N[C@H](C(=O)N[C@H](C(=O)O)c4cc(O)cc(O)c4-c4cc3ccc4O)[C@H](O[C@H]3C[C@](C)(N)[C@@H](O)[C@H](C)O3)c3ccc(c(Cl)c3)Oc3cc2cc(c3OC2O[C@H](CO)[C@@H](O)[C@H](O)[C@H]2O[C@H]2C[C@](C)(NCc3ccc(-c4ccc(Cl)cc4)cc3)[C@@H](O)[C@H](C)O2)Oc2ccc(cc2Cl)[C@H]1O)N(C)C(=O)OCOC(=O)CNCCCNCCCCNCCCN. The Morgan fingerprint density at radius 2 is 1.20 bits per heavy atom. The van der Waals surface area contributed by atoms with Gasteiger partial charge < -0.3 is 169 Å². The van der Waals surface area contributed by atoms with Crippen molar-refractivity contribution in [1.29, 1.82) is 0 Å². The molecule has 8 heterocycles. The first-order chi connectivity index (χ1) is 69.9. The third-order valence-electron chi connectivity index (χ3n) is 26.2. The maximum absolute atomic E-state index is 16.8. The number of carbonyl (C=O) groups is 10. The van der Waals surface area contributed by atoms with Crippen molar-refractivity contribution in [2.24, 2.45) is 23.1 Å². The number of carboxylic acids is 1. The molecule has 1 unspecified atom stereocenters. The quantitative estimate of drug-likeness (QED) is 0.0151. The van der Waals surface area contributed by atoms with Gasteiger partial charge >= 0.3 is 18.0 Å². The Bertz CT molecular complexity index is 5880. The third kappa shape index (κ3) is 27.8. The number of rotatable bonds is 35. The number of esters is 1. The molecular formula is C100H125Cl3N14O30. The summed E-state index contributed by atoms with van der Waals surface area (Å²) in [6.07, 6.45) is -21.9. The number of nitrogens with zero attached hydrogens (tertiary/aromatic N) is 1. The van der Waals surface area contributed by atoms with Crippen LogP contribution in [-0.2, 0) is 82.9 Å². The second kappa shape index (κ2) is 49.9. The van der Waals surface area contributed by atoms with Crippen molar-refractivity contribution in [2.75, 3.05) is 66.3 Å². The monoisotopic (exact) mass is 2110 g/mol. The summed E-state index contributed by atoms with van der Waals surface area (Å²) in [5, 5.41) is 146. The molecule has 47 heteroatoms. The van der Waals surface area contributed by atoms with Crippen LogP contribution in [0, 0.1) is 5.92 Å². The van der Waals surface area contributed by atoms with E-state index >= 15 is 28.8 Å². The fourth-order valence-electron chi connectivity index (χ4n) is 18.2. The molecule has 0 radical (unpaired) electrons. The zero-order valence-corrected chi connectivity index (χ0v) is 83.7. The predicted octanol–water partition coefficient (Wildman–Crippen LogP) is 4.13. The summed E-state index contributed by atoms with van der Waals surface area (Å²) in [6.45, 7) is 11.7. The number of hydrogen-bond donors (Lipinski definition) is 23. The van der Waals surface area contributed by atoms with E-state index in [-0.39, 0.29) is 43.5 Å². The fraction of sp³-hybridized carbons (Fsp3) is 0.480. The van der Waals surface area contributed by atoms with Gasteiger partial charge in [0.05, 0.1) is 54.0 Å². The second-order valence-electron chi connectivity index (χ2n) is 37.9. The molecule has 15 rings (SSSR count). The Balaban J connectivity index is 0.931. The number of unbranched alkanes of at least 4 members (excludes halogenated alkanes) is 1. The smallest absolute Gasteiger partial charge is 0.413 e. The third-order valence-corrected chi connectivity index (χ3v) is 27.0. The van der Waals surface area contributed by atoms with Gasteiger partial charge in [0.15, 0.2) is 36.2 Å². The summed E-state index contributed by atoms with van der Waals surface area (Å²) in [6, 6.07) is 12.7. The van der Waals surface area contributed by atoms with Gasteiger partial charge in [0.1, 0.15) is 95.5 Å². The van der Waals surface area contributed by atoms with Gasteiger partial charge in [-0.3, -0.25) is 43.3 Å². The molecule has 3 saturated heterocycles. The van der Waals surface area contributed by atoms with Crippen molar-refractivity contribution in [3.05, 3.63) is 176 Å². The van der Waals surface area contributed by atoms with Crippen LogP contribution in [0.3, 0.4) is 0 Å². The molecule has 3 fully saturated rings. The number of primary amides is 1. The van der Waals surface area contributed by atoms with Crippen LogP contribution in [0.25, 0.3) is 22.3 Å². The Morgan fingerprint density at radius 3 is 1.83 bits per heavy atom. The number of fused-ring (bicyclic) bond motifs is 15. The Morgan fingerprint density at radius 1 is 0.612 bits per heavy atom. The molecule has 26 N–H and O–H groups in total. The van der Waals surface area contributed by atoms with Crippen molar-refractivity contribution in [2.45, 2.75) is 233 Å². The van der Waals surface area contributed by atoms with Crippen LogP contribution in [0.2, 0.25) is 15.1 Å². The van der Waals surface area contributed by atoms with E-state index < -0.39 is 302 Å². The van der Waals surface area contributed by atoms with Crippen molar-refractivity contribution in [3.63, 3.8) is 0 Å². The maximum Gasteiger partial charge on any atom is 0.413 e. The van der Waals surface area contributed by atoms with Gasteiger partial charge in [0.25, 0.3) is 0 Å². The average molecular weight is 2110 g/mol. The zero-order valence-electron chi connectivity index (χ0n) is 81.4. The molecule has 22 atom stereocenters. The standard InChI is InChI=1S/C100H125Cl3N14O30/c1-47(2)32-64(117(7)98(137)139-46-138-73(123)44-109-31-11-30-108-28-9-8-27-107-29-10-26-104)91(130)115-80-82(124)54-19-24-67(61(102)34-54)142-69-36-56-37-70(86(69)147-97-87(84(126)83(125)71(45-118)144-97)146-75-42-100(6,89(128)49(4)141-75)110-43-50-12-14-51(15-13-50)52-16-21-57(101)22-17-52)143-68-25-20-55(35-62(68)103)85(145-74-41-99(5,106)88(127)48(3)140-74)81-95(134)114-79(96(135)136)60-38-58(119)39-66(121)76(60)59-33-53(18-23-65(59)120)77(92(131)116-81)113-93(132)78(56)112-90(129)63(40-72(105)122)111-94(80)133/h12-25,33-39,47-49,63-64,71,74-75,77-85,87-89,97,107-110,118-121,124-128H,8-11,26-32,40-46,104,106H2,1-7H3,(H2,105,122)(H,111,133)(H,112,129)(H,113,132)(H,114,134)(H,115,130)(H,116,131)(H,135,136)/t48-,49-,63-,64+,71+,74-,75-,77+,78+,79-,80+,81-,82+,83+,84-,85+,87+,88-,89-,97?,99-,100-/m0/s1. The number of benzene rings is 7. The predicted molar refractivity (Wildman–Crippen MR) is 528 cm³/mol. The minimum Gasteiger partial charge on any atom is -0.508 e. The number of phenolic OH excluding ortho intramolecular Hbond substituents is 3. The number of amides is 8. The number of phenols is 3. The maximum atomic E-state index is 16.8. The van der Waals surface area contributed by atoms with Crippen molar-refractivity contribution in [1.82, 2.24) is 58.1 Å². The first-order valence-electron chi connectivity index (χ1n) is 48.0. The minimum absolute atomic E-state index is 0.166. The molecule has 0 spiro atoms. The van der Waals surface area contributed by atoms with E-state index in [1.165, 1.54) is 26.0 Å². The van der Waals surface area contributed by atoms with Gasteiger partial charge in [-0.25, -0.2) is 9.59 Å². The fourth-order valence-corrected chi connectivity index (χ4v) is 18.7. The van der Waals surface area contributed by atoms with E-state index in [4.69, 9.17) is 99.4 Å². The molecule has 7 aromatic rings. The van der Waals surface area contributed by atoms with Gasteiger partial charge in [-0.15, -0.1) is 0 Å². The Kier molecular flexibility index (Phi) is 38.1. The number of ether oxygens (including phenoxy) is 10. The summed E-state index contributed by atoms with van der Waals surface area (Å²) in [5.41, 5.74) is 14.8. The van der Waals surface area contributed by atoms with Crippen molar-refractivity contribution < 1.29 is 146 Å². The molecule has 7 aromatic carbocycles. The molecule has 8 aliphatic rings. The molecule has 0 aliphatic carbocycles. The molecule has 147 heavy (non-hydrogen) atoms. The molecule has 0 aromatic heterocycles. The molecule has 8 amide bonds. The van der Waals surface area contributed by atoms with Gasteiger partial charge in [-0.2, -0.15) is 0 Å². The largest absolute Gasteiger partial charge is 0.508 e. The molecule has 8 aliphatic heterocycles. The van der Waals surface area contributed by atoms with Crippen molar-refractivity contribution in [3.8, 4) is 68.2 Å². The van der Waals surface area contributed by atoms with E-state index in [9.17, 15) is 70.2 Å². The molecule has 11 bridgehead atoms. The summed E-state index contributed by atoms with van der Waals surface area (Å²) in [4.78, 5) is 151. The molecule has 796 valence electrons. The van der Waals surface area contributed by atoms with Crippen LogP contribution in [-0.4, -0.2) is 285 Å². The minimum atomic E-state index is -2.49. The lowest BCUT2D eigenvalue weighted by atomic mass is 9.84. The lowest BCUT2D eigenvalue weighted by molar-refractivity contribution is -0.334. The molecule has 0 saturated carbocycles. The molecule has 44 nitrogen and oxygen atoms in total. The number of hydrogen-bond acceptors (Lipinski definition) is 35. The number of aliphatic hydroxyl groups excluding tert-OH is 6. The number of carboxylic acid groups (broad SMARTS) is 1. The Labute approximate surface area is 860 Å². The van der Waals surface area contributed by atoms with E-state index in [1.807, 2.05) is 36.4 Å². The van der Waals surface area contributed by atoms with Crippen molar-refractivity contribution >= 4 is 94.2 Å². The topological polar surface area (TPSA) is 667 Å². The lowest BCUT2D eigenvalue weighted by Gasteiger charge is -2.48. The average Bonchev–Trinajstić information content (AvgIpc) is 0.761. The van der Waals surface area contributed by atoms with Crippen LogP contribution in [0.4, 0.5) is 4.79 Å². The highest BCUT2D eigenvalue weighted by Crippen LogP contribution is 2.51. The lowest BCUT2D eigenvalue weighted by Crippen LogP contribution is -2.65. The van der Waals surface area contributed by atoms with Gasteiger partial charge in [0.2, 0.25) is 60.2 Å². The summed E-state index contributed by atoms with van der Waals surface area (Å²) >= 11 is 21.0. The van der Waals surface area contributed by atoms with Gasteiger partial charge in [-0.1, -0.05) is 103 Å². The number of aromatic hydroxyl groups is 3. The first kappa shape index (κ1) is 112. The highest BCUT2D eigenvalue weighted by molar-refractivity contribution is 6.32. The number of halogens is 3. The number of nitrogens with one attached hydrogen (secondary N) is 10. The summed E-state index contributed by atoms with van der Waals surface area (Å²) in [5.74, 6) is -18.5. The number of aliphatic carboxylic acids is 1. The number of carbonyl (C=O) groups excluding carboxylic acids is 9. The first-order valence-corrected chi connectivity index (χ1v) is 49.1.